The minimum atomic E-state index is -3.65. The molecule has 7 heteroatoms. The number of amides is 1. The van der Waals surface area contributed by atoms with Crippen LogP contribution in [0.15, 0.2) is 53.6 Å². The number of carbonyl (C=O) groups is 1. The van der Waals surface area contributed by atoms with E-state index in [1.54, 1.807) is 36.5 Å². The number of benzene rings is 1. The Morgan fingerprint density at radius 1 is 1.23 bits per heavy atom. The highest BCUT2D eigenvalue weighted by Crippen LogP contribution is 2.19. The largest absolute Gasteiger partial charge is 0.338 e. The smallest absolute Gasteiger partial charge is 0.253 e. The van der Waals surface area contributed by atoms with Crippen LogP contribution in [0, 0.1) is 5.92 Å². The molecule has 1 saturated heterocycles. The van der Waals surface area contributed by atoms with Gasteiger partial charge in [-0.15, -0.1) is 0 Å². The van der Waals surface area contributed by atoms with Crippen molar-refractivity contribution in [2.45, 2.75) is 31.2 Å². The van der Waals surface area contributed by atoms with E-state index in [0.29, 0.717) is 17.2 Å². The van der Waals surface area contributed by atoms with Crippen LogP contribution in [0.4, 0.5) is 0 Å². The van der Waals surface area contributed by atoms with E-state index in [1.165, 1.54) is 12.1 Å². The van der Waals surface area contributed by atoms with E-state index in [9.17, 15) is 13.2 Å². The highest BCUT2D eigenvalue weighted by molar-refractivity contribution is 7.89. The van der Waals surface area contributed by atoms with Crippen LogP contribution in [-0.2, 0) is 16.6 Å². The quantitative estimate of drug-likeness (QED) is 0.873. The third-order valence-corrected chi connectivity index (χ3v) is 5.94. The van der Waals surface area contributed by atoms with Crippen LogP contribution in [0.2, 0.25) is 0 Å². The Labute approximate surface area is 154 Å². The molecule has 1 fully saturated rings. The van der Waals surface area contributed by atoms with E-state index in [1.807, 2.05) is 4.90 Å². The second-order valence-corrected chi connectivity index (χ2v) is 8.44. The molecule has 1 amide bonds. The van der Waals surface area contributed by atoms with Crippen molar-refractivity contribution < 1.29 is 13.2 Å². The molecule has 1 aliphatic rings. The van der Waals surface area contributed by atoms with Gasteiger partial charge in [-0.2, -0.15) is 0 Å². The van der Waals surface area contributed by atoms with E-state index in [2.05, 4.69) is 16.6 Å². The Morgan fingerprint density at radius 2 is 2.00 bits per heavy atom. The molecule has 1 aromatic heterocycles. The molecular formula is C19H23N3O3S. The summed E-state index contributed by atoms with van der Waals surface area (Å²) in [7, 11) is -3.65. The normalized spacial score (nSPS) is 17.9. The number of nitrogens with zero attached hydrogens (tertiary/aromatic N) is 2. The van der Waals surface area contributed by atoms with Crippen molar-refractivity contribution in [3.63, 3.8) is 0 Å². The van der Waals surface area contributed by atoms with E-state index < -0.39 is 10.0 Å². The van der Waals surface area contributed by atoms with Crippen molar-refractivity contribution in [2.75, 3.05) is 13.1 Å². The molecule has 2 aromatic rings. The second-order valence-electron chi connectivity index (χ2n) is 6.67. The molecule has 138 valence electrons. The molecule has 1 aliphatic heterocycles. The average molecular weight is 373 g/mol. The Balaban J connectivity index is 1.67. The number of rotatable bonds is 5. The van der Waals surface area contributed by atoms with Gasteiger partial charge in [0.05, 0.1) is 17.1 Å². The van der Waals surface area contributed by atoms with E-state index >= 15 is 0 Å². The molecule has 1 unspecified atom stereocenters. The van der Waals surface area contributed by atoms with Crippen molar-refractivity contribution >= 4 is 15.9 Å². The highest BCUT2D eigenvalue weighted by Gasteiger charge is 2.22. The molecule has 3 rings (SSSR count). The van der Waals surface area contributed by atoms with Gasteiger partial charge in [0.2, 0.25) is 10.0 Å². The SMILES string of the molecule is CC1CCCN(C(=O)c2ccc(S(=O)(=O)NCc3ccccn3)cc2)C1. The van der Waals surface area contributed by atoms with Gasteiger partial charge < -0.3 is 4.90 Å². The van der Waals surface area contributed by atoms with Crippen LogP contribution in [0.1, 0.15) is 35.8 Å². The summed E-state index contributed by atoms with van der Waals surface area (Å²) in [5.74, 6) is 0.463. The van der Waals surface area contributed by atoms with Gasteiger partial charge in [-0.25, -0.2) is 13.1 Å². The van der Waals surface area contributed by atoms with Gasteiger partial charge in [0.1, 0.15) is 0 Å². The van der Waals surface area contributed by atoms with Gasteiger partial charge in [-0.3, -0.25) is 9.78 Å². The molecule has 0 aliphatic carbocycles. The minimum absolute atomic E-state index is 0.0399. The van der Waals surface area contributed by atoms with Crippen LogP contribution >= 0.6 is 0 Å². The lowest BCUT2D eigenvalue weighted by atomic mass is 9.99. The molecule has 1 atom stereocenters. The first-order chi connectivity index (χ1) is 12.5. The molecule has 0 bridgehead atoms. The maximum atomic E-state index is 12.6. The van der Waals surface area contributed by atoms with E-state index in [0.717, 1.165) is 25.9 Å². The van der Waals surface area contributed by atoms with Gasteiger partial charge in [0.15, 0.2) is 0 Å². The maximum Gasteiger partial charge on any atom is 0.253 e. The topological polar surface area (TPSA) is 79.4 Å². The van der Waals surface area contributed by atoms with E-state index in [4.69, 9.17) is 0 Å². The first-order valence-corrected chi connectivity index (χ1v) is 10.2. The van der Waals surface area contributed by atoms with Crippen LogP contribution in [-0.4, -0.2) is 37.3 Å². The Morgan fingerprint density at radius 3 is 2.65 bits per heavy atom. The second kappa shape index (κ2) is 7.97. The van der Waals surface area contributed by atoms with Crippen LogP contribution in [0.5, 0.6) is 0 Å². The Hall–Kier alpha value is -2.25. The van der Waals surface area contributed by atoms with Gasteiger partial charge in [-0.05, 0) is 55.2 Å². The number of aromatic nitrogens is 1. The molecule has 1 aromatic carbocycles. The molecule has 2 heterocycles. The summed E-state index contributed by atoms with van der Waals surface area (Å²) in [6, 6.07) is 11.4. The molecule has 6 nitrogen and oxygen atoms in total. The number of hydrogen-bond acceptors (Lipinski definition) is 4. The number of hydrogen-bond donors (Lipinski definition) is 1. The molecule has 26 heavy (non-hydrogen) atoms. The van der Waals surface area contributed by atoms with Gasteiger partial charge >= 0.3 is 0 Å². The zero-order valence-corrected chi connectivity index (χ0v) is 15.6. The molecular weight excluding hydrogens is 350 g/mol. The van der Waals surface area contributed by atoms with Crippen molar-refractivity contribution in [3.8, 4) is 0 Å². The van der Waals surface area contributed by atoms with Crippen molar-refractivity contribution in [2.24, 2.45) is 5.92 Å². The molecule has 0 spiro atoms. The zero-order valence-electron chi connectivity index (χ0n) is 14.8. The fourth-order valence-electron chi connectivity index (χ4n) is 3.09. The predicted molar refractivity (Wildman–Crippen MR) is 99.0 cm³/mol. The summed E-state index contributed by atoms with van der Waals surface area (Å²) in [6.45, 7) is 3.78. The molecule has 1 N–H and O–H groups in total. The maximum absolute atomic E-state index is 12.6. The number of nitrogens with one attached hydrogen (secondary N) is 1. The first kappa shape index (κ1) is 18.5. The van der Waals surface area contributed by atoms with Crippen LogP contribution in [0.3, 0.4) is 0 Å². The fraction of sp³-hybridized carbons (Fsp3) is 0.368. The van der Waals surface area contributed by atoms with Crippen molar-refractivity contribution in [1.82, 2.24) is 14.6 Å². The summed E-state index contributed by atoms with van der Waals surface area (Å²) < 4.78 is 27.3. The third kappa shape index (κ3) is 4.47. The van der Waals surface area contributed by atoms with Crippen LogP contribution in [0.25, 0.3) is 0 Å². The van der Waals surface area contributed by atoms with E-state index in [-0.39, 0.29) is 17.3 Å². The number of sulfonamides is 1. The lowest BCUT2D eigenvalue weighted by Gasteiger charge is -2.31. The standard InChI is InChI=1S/C19H23N3O3S/c1-15-5-4-12-22(14-15)19(23)16-7-9-18(10-8-16)26(24,25)21-13-17-6-2-3-11-20-17/h2-3,6-11,15,21H,4-5,12-14H2,1H3. The van der Waals surface area contributed by atoms with Crippen LogP contribution < -0.4 is 4.72 Å². The van der Waals surface area contributed by atoms with Gasteiger partial charge in [0, 0.05) is 24.8 Å². The number of carbonyl (C=O) groups excluding carboxylic acids is 1. The first-order valence-electron chi connectivity index (χ1n) is 8.74. The predicted octanol–water partition coefficient (Wildman–Crippen LogP) is 2.43. The summed E-state index contributed by atoms with van der Waals surface area (Å²) in [5.41, 5.74) is 1.16. The third-order valence-electron chi connectivity index (χ3n) is 4.53. The number of pyridine rings is 1. The van der Waals surface area contributed by atoms with Crippen molar-refractivity contribution in [1.29, 1.82) is 0 Å². The summed E-state index contributed by atoms with van der Waals surface area (Å²) >= 11 is 0. The molecule has 0 radical (unpaired) electrons. The summed E-state index contributed by atoms with van der Waals surface area (Å²) in [4.78, 5) is 18.6. The Bertz CT molecular complexity index is 851. The number of likely N-dealkylation sites (tertiary alicyclic amines) is 1. The van der Waals surface area contributed by atoms with Crippen molar-refractivity contribution in [3.05, 3.63) is 59.9 Å². The summed E-state index contributed by atoms with van der Waals surface area (Å²) in [6.07, 6.45) is 3.77. The molecule has 0 saturated carbocycles. The lowest BCUT2D eigenvalue weighted by Crippen LogP contribution is -2.39. The monoisotopic (exact) mass is 373 g/mol. The fourth-order valence-corrected chi connectivity index (χ4v) is 4.09. The lowest BCUT2D eigenvalue weighted by molar-refractivity contribution is 0.0683. The highest BCUT2D eigenvalue weighted by atomic mass is 32.2. The zero-order chi connectivity index (χ0) is 18.6. The van der Waals surface area contributed by atoms with Gasteiger partial charge in [0.25, 0.3) is 5.91 Å². The minimum Gasteiger partial charge on any atom is -0.338 e. The average Bonchev–Trinajstić information content (AvgIpc) is 2.67. The summed E-state index contributed by atoms with van der Waals surface area (Å²) in [5, 5.41) is 0. The number of piperidine rings is 1. The Kier molecular flexibility index (Phi) is 5.68. The van der Waals surface area contributed by atoms with Gasteiger partial charge in [-0.1, -0.05) is 13.0 Å².